The fourth-order valence-electron chi connectivity index (χ4n) is 1.35. The highest BCUT2D eigenvalue weighted by molar-refractivity contribution is 6.32. The number of hydrogen-bond acceptors (Lipinski definition) is 5. The van der Waals surface area contributed by atoms with Gasteiger partial charge in [0.2, 0.25) is 0 Å². The number of carbonyl (C=O) groups excluding carboxylic acids is 2. The fourth-order valence-corrected chi connectivity index (χ4v) is 1.53. The summed E-state index contributed by atoms with van der Waals surface area (Å²) < 4.78 is 9.95. The number of aryl methyl sites for hydroxylation is 1. The number of ether oxygens (including phenoxy) is 2. The van der Waals surface area contributed by atoms with Crippen LogP contribution in [0.15, 0.2) is 18.2 Å². The van der Waals surface area contributed by atoms with Crippen LogP contribution in [-0.2, 0) is 14.3 Å². The van der Waals surface area contributed by atoms with Gasteiger partial charge in [0.1, 0.15) is 5.75 Å². The van der Waals surface area contributed by atoms with Crippen LogP contribution in [0.1, 0.15) is 12.0 Å². The first-order valence-corrected chi connectivity index (χ1v) is 6.59. The number of esters is 1. The summed E-state index contributed by atoms with van der Waals surface area (Å²) in [6, 6.07) is 7.07. The summed E-state index contributed by atoms with van der Waals surface area (Å²) in [4.78, 5) is 22.7. The summed E-state index contributed by atoms with van der Waals surface area (Å²) in [5.41, 5.74) is 0.944. The van der Waals surface area contributed by atoms with E-state index in [-0.39, 0.29) is 19.6 Å². The normalized spacial score (nSPS) is 9.57. The van der Waals surface area contributed by atoms with E-state index in [2.05, 4.69) is 5.32 Å². The molecule has 1 amide bonds. The third-order valence-corrected chi connectivity index (χ3v) is 2.67. The minimum atomic E-state index is -0.678. The fraction of sp³-hybridized carbons (Fsp3) is 0.357. The van der Waals surface area contributed by atoms with E-state index in [1.807, 2.05) is 19.1 Å². The number of hydrogen-bond donors (Lipinski definition) is 1. The van der Waals surface area contributed by atoms with E-state index >= 15 is 0 Å². The quantitative estimate of drug-likeness (QED) is 0.610. The Morgan fingerprint density at radius 2 is 2.14 bits per heavy atom. The molecule has 0 unspecified atom stereocenters. The second kappa shape index (κ2) is 8.82. The molecular formula is C14H15ClN2O4. The van der Waals surface area contributed by atoms with E-state index in [0.29, 0.717) is 10.8 Å². The Morgan fingerprint density at radius 3 is 2.86 bits per heavy atom. The van der Waals surface area contributed by atoms with Gasteiger partial charge in [0.15, 0.2) is 13.2 Å². The van der Waals surface area contributed by atoms with Gasteiger partial charge in [0.05, 0.1) is 17.5 Å². The molecule has 0 bridgehead atoms. The third kappa shape index (κ3) is 6.63. The average molecular weight is 311 g/mol. The molecule has 1 N–H and O–H groups in total. The zero-order chi connectivity index (χ0) is 15.7. The minimum absolute atomic E-state index is 0.203. The predicted molar refractivity (Wildman–Crippen MR) is 75.9 cm³/mol. The molecule has 1 aromatic rings. The Bertz CT molecular complexity index is 554. The van der Waals surface area contributed by atoms with Crippen LogP contribution in [0.25, 0.3) is 0 Å². The molecule has 0 atom stereocenters. The summed E-state index contributed by atoms with van der Waals surface area (Å²) in [6.07, 6.45) is 0.203. The highest BCUT2D eigenvalue weighted by atomic mass is 35.5. The standard InChI is InChI=1S/C14H15ClN2O4/c1-10-3-4-11(15)12(7-10)20-9-14(19)21-8-13(18)17-6-2-5-16/h3-4,7H,2,6,8-9H2,1H3,(H,17,18). The lowest BCUT2D eigenvalue weighted by Gasteiger charge is -2.09. The SMILES string of the molecule is Cc1ccc(Cl)c(OCC(=O)OCC(=O)NCCC#N)c1. The number of amides is 1. The van der Waals surface area contributed by atoms with Gasteiger partial charge in [-0.05, 0) is 24.6 Å². The van der Waals surface area contributed by atoms with E-state index in [0.717, 1.165) is 5.56 Å². The van der Waals surface area contributed by atoms with Crippen LogP contribution < -0.4 is 10.1 Å². The summed E-state index contributed by atoms with van der Waals surface area (Å²) >= 11 is 5.91. The number of rotatable bonds is 7. The maximum atomic E-state index is 11.4. The first-order chi connectivity index (χ1) is 10.0. The molecule has 0 aromatic heterocycles. The van der Waals surface area contributed by atoms with Gasteiger partial charge >= 0.3 is 5.97 Å². The van der Waals surface area contributed by atoms with E-state index in [1.54, 1.807) is 12.1 Å². The first-order valence-electron chi connectivity index (χ1n) is 6.21. The second-order valence-electron chi connectivity index (χ2n) is 4.14. The lowest BCUT2D eigenvalue weighted by Crippen LogP contribution is -2.30. The highest BCUT2D eigenvalue weighted by Crippen LogP contribution is 2.25. The predicted octanol–water partition coefficient (Wildman–Crippen LogP) is 1.60. The maximum absolute atomic E-state index is 11.4. The van der Waals surface area contributed by atoms with Gasteiger partial charge in [-0.1, -0.05) is 17.7 Å². The molecule has 0 heterocycles. The average Bonchev–Trinajstić information content (AvgIpc) is 2.46. The van der Waals surface area contributed by atoms with Gasteiger partial charge in [0.25, 0.3) is 5.91 Å². The number of benzene rings is 1. The van der Waals surface area contributed by atoms with Crippen molar-refractivity contribution in [2.24, 2.45) is 0 Å². The summed E-state index contributed by atoms with van der Waals surface area (Å²) in [5, 5.41) is 11.1. The molecule has 0 fully saturated rings. The Morgan fingerprint density at radius 1 is 1.38 bits per heavy atom. The third-order valence-electron chi connectivity index (χ3n) is 2.36. The van der Waals surface area contributed by atoms with Crippen molar-refractivity contribution < 1.29 is 19.1 Å². The van der Waals surface area contributed by atoms with Crippen molar-refractivity contribution in [1.29, 1.82) is 5.26 Å². The Balaban J connectivity index is 2.30. The zero-order valence-corrected chi connectivity index (χ0v) is 12.3. The van der Waals surface area contributed by atoms with Crippen molar-refractivity contribution >= 4 is 23.5 Å². The lowest BCUT2D eigenvalue weighted by atomic mass is 10.2. The van der Waals surface area contributed by atoms with Crippen LogP contribution in [0.5, 0.6) is 5.75 Å². The maximum Gasteiger partial charge on any atom is 0.344 e. The Hall–Kier alpha value is -2.26. The van der Waals surface area contributed by atoms with Gasteiger partial charge in [-0.25, -0.2) is 4.79 Å². The van der Waals surface area contributed by atoms with E-state index in [1.165, 1.54) is 0 Å². The molecule has 112 valence electrons. The first kappa shape index (κ1) is 16.8. The van der Waals surface area contributed by atoms with Crippen LogP contribution in [0.2, 0.25) is 5.02 Å². The largest absolute Gasteiger partial charge is 0.480 e. The van der Waals surface area contributed by atoms with Crippen molar-refractivity contribution in [1.82, 2.24) is 5.32 Å². The molecule has 6 nitrogen and oxygen atoms in total. The van der Waals surface area contributed by atoms with E-state index in [9.17, 15) is 9.59 Å². The molecular weight excluding hydrogens is 296 g/mol. The molecule has 0 saturated heterocycles. The zero-order valence-electron chi connectivity index (χ0n) is 11.5. The van der Waals surface area contributed by atoms with Gasteiger partial charge in [-0.2, -0.15) is 5.26 Å². The van der Waals surface area contributed by atoms with Crippen molar-refractivity contribution in [2.45, 2.75) is 13.3 Å². The summed E-state index contributed by atoms with van der Waals surface area (Å²) in [6.45, 7) is 1.35. The van der Waals surface area contributed by atoms with Crippen molar-refractivity contribution in [3.05, 3.63) is 28.8 Å². The van der Waals surface area contributed by atoms with Crippen molar-refractivity contribution in [3.8, 4) is 11.8 Å². The molecule has 1 rings (SSSR count). The molecule has 0 aliphatic rings. The smallest absolute Gasteiger partial charge is 0.344 e. The molecule has 1 aromatic carbocycles. The van der Waals surface area contributed by atoms with Gasteiger partial charge in [0, 0.05) is 6.54 Å². The molecule has 0 saturated carbocycles. The number of nitriles is 1. The second-order valence-corrected chi connectivity index (χ2v) is 4.55. The molecule has 21 heavy (non-hydrogen) atoms. The van der Waals surface area contributed by atoms with E-state index in [4.69, 9.17) is 26.3 Å². The van der Waals surface area contributed by atoms with Crippen LogP contribution in [0.4, 0.5) is 0 Å². The van der Waals surface area contributed by atoms with Crippen molar-refractivity contribution in [3.63, 3.8) is 0 Å². The van der Waals surface area contributed by atoms with Crippen LogP contribution in [0, 0.1) is 18.3 Å². The molecule has 0 aliphatic carbocycles. The summed E-state index contributed by atoms with van der Waals surface area (Å²) in [5.74, 6) is -0.762. The van der Waals surface area contributed by atoms with E-state index < -0.39 is 18.5 Å². The number of carbonyl (C=O) groups is 2. The van der Waals surface area contributed by atoms with Crippen LogP contribution >= 0.6 is 11.6 Å². The van der Waals surface area contributed by atoms with Crippen molar-refractivity contribution in [2.75, 3.05) is 19.8 Å². The molecule has 0 aliphatic heterocycles. The summed E-state index contributed by atoms with van der Waals surface area (Å²) in [7, 11) is 0. The lowest BCUT2D eigenvalue weighted by molar-refractivity contribution is -0.150. The minimum Gasteiger partial charge on any atom is -0.480 e. The monoisotopic (exact) mass is 310 g/mol. The Kier molecular flexibility index (Phi) is 7.05. The molecule has 0 radical (unpaired) electrons. The van der Waals surface area contributed by atoms with Gasteiger partial charge < -0.3 is 14.8 Å². The molecule has 7 heteroatoms. The number of halogens is 1. The Labute approximate surface area is 127 Å². The van der Waals surface area contributed by atoms with Gasteiger partial charge in [-0.15, -0.1) is 0 Å². The topological polar surface area (TPSA) is 88.4 Å². The van der Waals surface area contributed by atoms with Crippen LogP contribution in [-0.4, -0.2) is 31.6 Å². The van der Waals surface area contributed by atoms with Gasteiger partial charge in [-0.3, -0.25) is 4.79 Å². The van der Waals surface area contributed by atoms with Crippen LogP contribution in [0.3, 0.4) is 0 Å². The number of nitrogens with one attached hydrogen (secondary N) is 1. The highest BCUT2D eigenvalue weighted by Gasteiger charge is 2.09. The molecule has 0 spiro atoms. The number of nitrogens with zero attached hydrogens (tertiary/aromatic N) is 1.